The Morgan fingerprint density at radius 1 is 1.21 bits per heavy atom. The van der Waals surface area contributed by atoms with Crippen molar-refractivity contribution >= 4 is 10.9 Å². The van der Waals surface area contributed by atoms with Crippen molar-refractivity contribution in [3.05, 3.63) is 42.6 Å². The van der Waals surface area contributed by atoms with Crippen molar-refractivity contribution < 1.29 is 0 Å². The zero-order valence-corrected chi connectivity index (χ0v) is 17.4. The fraction of sp³-hybridized carbons (Fsp3) is 0.478. The first kappa shape index (κ1) is 19.7. The molecule has 0 atom stereocenters. The Kier molecular flexibility index (Phi) is 6.28. The van der Waals surface area contributed by atoms with Gasteiger partial charge in [0.1, 0.15) is 12.7 Å². The first-order chi connectivity index (χ1) is 14.2. The molecule has 1 fully saturated rings. The second-order valence-electron chi connectivity index (χ2n) is 7.93. The Labute approximate surface area is 172 Å². The number of aryl methyl sites for hydroxylation is 1. The maximum atomic E-state index is 3.91. The van der Waals surface area contributed by atoms with Crippen LogP contribution in [0.3, 0.4) is 0 Å². The first-order valence-corrected chi connectivity index (χ1v) is 10.5. The highest BCUT2D eigenvalue weighted by Gasteiger charge is 2.21. The van der Waals surface area contributed by atoms with Gasteiger partial charge in [0.2, 0.25) is 0 Å². The minimum Gasteiger partial charge on any atom is -0.361 e. The SMILES string of the molecule is CC#CCN(C)C1CCN(CCCc2c[nH]c3ccc(-n4cnnc4)cc23)CC1. The molecule has 0 bridgehead atoms. The van der Waals surface area contributed by atoms with Crippen LogP contribution in [0.4, 0.5) is 0 Å². The van der Waals surface area contributed by atoms with Gasteiger partial charge in [0.25, 0.3) is 0 Å². The molecule has 0 radical (unpaired) electrons. The number of hydrogen-bond donors (Lipinski definition) is 1. The summed E-state index contributed by atoms with van der Waals surface area (Å²) in [4.78, 5) is 8.44. The van der Waals surface area contributed by atoms with Crippen molar-refractivity contribution in [3.63, 3.8) is 0 Å². The Morgan fingerprint density at radius 2 is 2.00 bits per heavy atom. The molecule has 3 heterocycles. The van der Waals surface area contributed by atoms with Gasteiger partial charge in [-0.3, -0.25) is 9.47 Å². The number of nitrogens with zero attached hydrogens (tertiary/aromatic N) is 5. The molecular weight excluding hydrogens is 360 g/mol. The van der Waals surface area contributed by atoms with Crippen molar-refractivity contribution in [2.75, 3.05) is 33.2 Å². The number of hydrogen-bond acceptors (Lipinski definition) is 4. The molecule has 0 unspecified atom stereocenters. The van der Waals surface area contributed by atoms with Crippen molar-refractivity contribution in [1.29, 1.82) is 0 Å². The van der Waals surface area contributed by atoms with E-state index in [0.717, 1.165) is 18.7 Å². The number of likely N-dealkylation sites (tertiary alicyclic amines) is 1. The number of H-pyrrole nitrogens is 1. The summed E-state index contributed by atoms with van der Waals surface area (Å²) >= 11 is 0. The highest BCUT2D eigenvalue weighted by molar-refractivity contribution is 5.85. The van der Waals surface area contributed by atoms with Crippen LogP contribution in [0.25, 0.3) is 16.6 Å². The predicted molar refractivity (Wildman–Crippen MR) is 117 cm³/mol. The fourth-order valence-electron chi connectivity index (χ4n) is 4.28. The molecule has 6 heteroatoms. The van der Waals surface area contributed by atoms with E-state index < -0.39 is 0 Å². The average molecular weight is 391 g/mol. The smallest absolute Gasteiger partial charge is 0.123 e. The average Bonchev–Trinajstić information content (AvgIpc) is 3.42. The molecule has 6 nitrogen and oxygen atoms in total. The van der Waals surface area contributed by atoms with Crippen molar-refractivity contribution in [3.8, 4) is 17.5 Å². The van der Waals surface area contributed by atoms with Crippen LogP contribution in [-0.2, 0) is 6.42 Å². The van der Waals surface area contributed by atoms with Crippen molar-refractivity contribution in [2.24, 2.45) is 0 Å². The highest BCUT2D eigenvalue weighted by Crippen LogP contribution is 2.23. The van der Waals surface area contributed by atoms with Gasteiger partial charge in [0, 0.05) is 28.8 Å². The lowest BCUT2D eigenvalue weighted by atomic mass is 10.0. The lowest BCUT2D eigenvalue weighted by Crippen LogP contribution is -2.43. The molecule has 0 aliphatic carbocycles. The standard InChI is InChI=1S/C23H30N6/c1-3-4-11-27(2)20-9-13-28(14-10-20)12-5-6-19-16-24-23-8-7-21(15-22(19)23)29-17-25-26-18-29/h7-8,15-18,20,24H,5-6,9-14H2,1-2H3. The summed E-state index contributed by atoms with van der Waals surface area (Å²) in [5.41, 5.74) is 3.68. The molecule has 3 aromatic rings. The predicted octanol–water partition coefficient (Wildman–Crippen LogP) is 3.10. The maximum Gasteiger partial charge on any atom is 0.123 e. The van der Waals surface area contributed by atoms with Gasteiger partial charge in [-0.15, -0.1) is 16.1 Å². The molecule has 29 heavy (non-hydrogen) atoms. The minimum absolute atomic E-state index is 0.678. The Balaban J connectivity index is 1.29. The van der Waals surface area contributed by atoms with Crippen LogP contribution in [0.15, 0.2) is 37.1 Å². The van der Waals surface area contributed by atoms with Gasteiger partial charge in [-0.25, -0.2) is 0 Å². The summed E-state index contributed by atoms with van der Waals surface area (Å²) in [6, 6.07) is 7.14. The van der Waals surface area contributed by atoms with Crippen molar-refractivity contribution in [2.45, 2.75) is 38.6 Å². The molecular formula is C23H30N6. The van der Waals surface area contributed by atoms with Gasteiger partial charge in [-0.2, -0.15) is 0 Å². The van der Waals surface area contributed by atoms with Crippen molar-refractivity contribution in [1.82, 2.24) is 29.5 Å². The van der Waals surface area contributed by atoms with Gasteiger partial charge in [0.05, 0.1) is 6.54 Å². The number of piperidine rings is 1. The molecule has 1 saturated heterocycles. The van der Waals surface area contributed by atoms with E-state index in [1.807, 2.05) is 11.5 Å². The number of aromatic amines is 1. The van der Waals surface area contributed by atoms with E-state index in [9.17, 15) is 0 Å². The lowest BCUT2D eigenvalue weighted by Gasteiger charge is -2.36. The van der Waals surface area contributed by atoms with Crippen LogP contribution in [-0.4, -0.2) is 68.8 Å². The lowest BCUT2D eigenvalue weighted by molar-refractivity contribution is 0.136. The normalized spacial score (nSPS) is 15.7. The second kappa shape index (κ2) is 9.25. The number of aromatic nitrogens is 4. The molecule has 1 N–H and O–H groups in total. The topological polar surface area (TPSA) is 53.0 Å². The summed E-state index contributed by atoms with van der Waals surface area (Å²) in [6.45, 7) is 6.36. The van der Waals surface area contributed by atoms with Gasteiger partial charge in [0.15, 0.2) is 0 Å². The largest absolute Gasteiger partial charge is 0.361 e. The number of benzene rings is 1. The molecule has 2 aromatic heterocycles. The number of nitrogens with one attached hydrogen (secondary N) is 1. The molecule has 0 spiro atoms. The maximum absolute atomic E-state index is 3.91. The third kappa shape index (κ3) is 4.69. The van der Waals surface area contributed by atoms with Crippen LogP contribution in [0.1, 0.15) is 31.7 Å². The third-order valence-corrected chi connectivity index (χ3v) is 6.07. The second-order valence-corrected chi connectivity index (χ2v) is 7.93. The molecule has 152 valence electrons. The fourth-order valence-corrected chi connectivity index (χ4v) is 4.28. The zero-order chi connectivity index (χ0) is 20.1. The van der Waals surface area contributed by atoms with Gasteiger partial charge < -0.3 is 9.88 Å². The van der Waals surface area contributed by atoms with E-state index in [0.29, 0.717) is 6.04 Å². The Hall–Kier alpha value is -2.62. The number of rotatable bonds is 7. The summed E-state index contributed by atoms with van der Waals surface area (Å²) in [5, 5.41) is 9.12. The van der Waals surface area contributed by atoms with E-state index in [1.165, 1.54) is 55.4 Å². The summed E-state index contributed by atoms with van der Waals surface area (Å²) < 4.78 is 1.95. The van der Waals surface area contributed by atoms with Gasteiger partial charge in [-0.1, -0.05) is 5.92 Å². The quantitative estimate of drug-likeness (QED) is 0.630. The highest BCUT2D eigenvalue weighted by atomic mass is 15.2. The van der Waals surface area contributed by atoms with Gasteiger partial charge in [-0.05, 0) is 83.1 Å². The monoisotopic (exact) mass is 390 g/mol. The third-order valence-electron chi connectivity index (χ3n) is 6.07. The van der Waals surface area contributed by atoms with E-state index in [2.05, 4.69) is 68.3 Å². The number of fused-ring (bicyclic) bond motifs is 1. The molecule has 1 aliphatic heterocycles. The van der Waals surface area contributed by atoms with E-state index in [1.54, 1.807) is 12.7 Å². The van der Waals surface area contributed by atoms with Crippen LogP contribution < -0.4 is 0 Å². The summed E-state index contributed by atoms with van der Waals surface area (Å²) in [7, 11) is 2.20. The minimum atomic E-state index is 0.678. The van der Waals surface area contributed by atoms with E-state index in [-0.39, 0.29) is 0 Å². The summed E-state index contributed by atoms with van der Waals surface area (Å²) in [5.74, 6) is 6.18. The molecule has 1 aliphatic rings. The van der Waals surface area contributed by atoms with Crippen LogP contribution in [0.5, 0.6) is 0 Å². The van der Waals surface area contributed by atoms with Crippen LogP contribution in [0, 0.1) is 11.8 Å². The summed E-state index contributed by atoms with van der Waals surface area (Å²) in [6.07, 6.45) is 10.4. The van der Waals surface area contributed by atoms with E-state index in [4.69, 9.17) is 0 Å². The molecule has 4 rings (SSSR count). The Bertz CT molecular complexity index is 970. The molecule has 0 saturated carbocycles. The molecule has 1 aromatic carbocycles. The van der Waals surface area contributed by atoms with Gasteiger partial charge >= 0.3 is 0 Å². The van der Waals surface area contributed by atoms with Crippen LogP contribution >= 0.6 is 0 Å². The molecule has 0 amide bonds. The first-order valence-electron chi connectivity index (χ1n) is 10.5. The van der Waals surface area contributed by atoms with Crippen LogP contribution in [0.2, 0.25) is 0 Å². The van der Waals surface area contributed by atoms with E-state index >= 15 is 0 Å². The Morgan fingerprint density at radius 3 is 2.76 bits per heavy atom. The zero-order valence-electron chi connectivity index (χ0n) is 17.4.